The molecule has 0 saturated heterocycles. The van der Waals surface area contributed by atoms with E-state index in [1.165, 1.54) is 0 Å². The number of benzene rings is 2. The molecule has 0 aliphatic rings. The van der Waals surface area contributed by atoms with E-state index in [0.29, 0.717) is 15.1 Å². The van der Waals surface area contributed by atoms with Gasteiger partial charge in [0.15, 0.2) is 0 Å². The molecule has 19 heavy (non-hydrogen) atoms. The zero-order chi connectivity index (χ0) is 14.0. The van der Waals surface area contributed by atoms with Gasteiger partial charge < -0.3 is 5.32 Å². The lowest BCUT2D eigenvalue weighted by Gasteiger charge is -2.09. The van der Waals surface area contributed by atoms with Gasteiger partial charge in [0, 0.05) is 14.6 Å². The van der Waals surface area contributed by atoms with Crippen LogP contribution < -0.4 is 5.32 Å². The molecular weight excluding hydrogens is 393 g/mol. The van der Waals surface area contributed by atoms with Crippen molar-refractivity contribution in [1.82, 2.24) is 0 Å². The maximum atomic E-state index is 12.2. The van der Waals surface area contributed by atoms with Crippen molar-refractivity contribution in [3.05, 3.63) is 61.5 Å². The van der Waals surface area contributed by atoms with Crippen LogP contribution in [0.3, 0.4) is 0 Å². The summed E-state index contributed by atoms with van der Waals surface area (Å²) in [6.07, 6.45) is 0. The van der Waals surface area contributed by atoms with Crippen molar-refractivity contribution in [1.29, 1.82) is 0 Å². The lowest BCUT2D eigenvalue weighted by molar-refractivity contribution is 0.102. The summed E-state index contributed by atoms with van der Waals surface area (Å²) < 4.78 is 1.62. The van der Waals surface area contributed by atoms with Crippen LogP contribution in [0.2, 0.25) is 5.02 Å². The van der Waals surface area contributed by atoms with Gasteiger partial charge in [-0.2, -0.15) is 0 Å². The second-order valence-electron chi connectivity index (χ2n) is 4.07. The number of amides is 1. The Bertz CT molecular complexity index is 623. The molecule has 0 heterocycles. The van der Waals surface area contributed by atoms with Crippen LogP contribution in [0.1, 0.15) is 15.9 Å². The number of rotatable bonds is 2. The zero-order valence-electron chi connectivity index (χ0n) is 10.0. The minimum atomic E-state index is -0.233. The topological polar surface area (TPSA) is 29.1 Å². The lowest BCUT2D eigenvalue weighted by atomic mass is 10.2. The largest absolute Gasteiger partial charge is 0.322 e. The summed E-state index contributed by atoms with van der Waals surface area (Å²) >= 11 is 12.8. The van der Waals surface area contributed by atoms with Crippen LogP contribution in [0.15, 0.2) is 45.3 Å². The van der Waals surface area contributed by atoms with Gasteiger partial charge in [-0.25, -0.2) is 0 Å². The molecule has 0 unspecified atom stereocenters. The Morgan fingerprint density at radius 2 is 1.95 bits per heavy atom. The average Bonchev–Trinajstić information content (AvgIpc) is 2.31. The molecule has 0 saturated carbocycles. The van der Waals surface area contributed by atoms with Crippen LogP contribution in [-0.2, 0) is 0 Å². The van der Waals surface area contributed by atoms with Crippen molar-refractivity contribution in [3.63, 3.8) is 0 Å². The highest BCUT2D eigenvalue weighted by molar-refractivity contribution is 9.10. The molecule has 0 aromatic heterocycles. The molecule has 0 fully saturated rings. The number of aryl methyl sites for hydroxylation is 1. The fraction of sp³-hybridized carbons (Fsp3) is 0.0714. The minimum Gasteiger partial charge on any atom is -0.322 e. The maximum Gasteiger partial charge on any atom is 0.257 e. The molecule has 2 rings (SSSR count). The molecule has 2 aromatic rings. The van der Waals surface area contributed by atoms with E-state index in [2.05, 4.69) is 37.2 Å². The summed E-state index contributed by atoms with van der Waals surface area (Å²) in [5.74, 6) is -0.233. The number of hydrogen-bond donors (Lipinski definition) is 1. The predicted octanol–water partition coefficient (Wildman–Crippen LogP) is 5.43. The van der Waals surface area contributed by atoms with E-state index in [1.54, 1.807) is 18.2 Å². The molecule has 0 aliphatic carbocycles. The van der Waals surface area contributed by atoms with Crippen LogP contribution >= 0.6 is 43.5 Å². The van der Waals surface area contributed by atoms with Crippen LogP contribution in [0, 0.1) is 6.92 Å². The zero-order valence-corrected chi connectivity index (χ0v) is 13.9. The van der Waals surface area contributed by atoms with Crippen molar-refractivity contribution in [2.75, 3.05) is 5.32 Å². The highest BCUT2D eigenvalue weighted by Gasteiger charge is 2.12. The van der Waals surface area contributed by atoms with E-state index < -0.39 is 0 Å². The van der Waals surface area contributed by atoms with Crippen molar-refractivity contribution >= 4 is 55.1 Å². The van der Waals surface area contributed by atoms with E-state index in [1.807, 2.05) is 25.1 Å². The Balaban J connectivity index is 2.28. The molecule has 0 bridgehead atoms. The van der Waals surface area contributed by atoms with Crippen molar-refractivity contribution in [2.45, 2.75) is 6.92 Å². The van der Waals surface area contributed by atoms with Gasteiger partial charge in [-0.15, -0.1) is 0 Å². The van der Waals surface area contributed by atoms with Crippen LogP contribution in [0.25, 0.3) is 0 Å². The molecule has 0 atom stereocenters. The molecule has 0 aliphatic heterocycles. The quantitative estimate of drug-likeness (QED) is 0.712. The Hall–Kier alpha value is -0.840. The highest BCUT2D eigenvalue weighted by Crippen LogP contribution is 2.27. The maximum absolute atomic E-state index is 12.2. The third-order valence-corrected chi connectivity index (χ3v) is 4.25. The molecule has 0 radical (unpaired) electrons. The SMILES string of the molecule is Cc1cc(Br)cc(NC(=O)c2cccc(Br)c2Cl)c1. The van der Waals surface area contributed by atoms with Gasteiger partial charge in [0.25, 0.3) is 5.91 Å². The molecule has 1 N–H and O–H groups in total. The van der Waals surface area contributed by atoms with Crippen LogP contribution in [0.5, 0.6) is 0 Å². The molecule has 1 amide bonds. The van der Waals surface area contributed by atoms with Crippen molar-refractivity contribution in [2.24, 2.45) is 0 Å². The molecule has 0 spiro atoms. The summed E-state index contributed by atoms with van der Waals surface area (Å²) in [4.78, 5) is 12.2. The predicted molar refractivity (Wildman–Crippen MR) is 86.0 cm³/mol. The van der Waals surface area contributed by atoms with Gasteiger partial charge in [-0.05, 0) is 58.7 Å². The van der Waals surface area contributed by atoms with Crippen molar-refractivity contribution < 1.29 is 4.79 Å². The number of nitrogens with one attached hydrogen (secondary N) is 1. The van der Waals surface area contributed by atoms with Gasteiger partial charge in [-0.1, -0.05) is 33.6 Å². The normalized spacial score (nSPS) is 10.3. The first-order chi connectivity index (χ1) is 8.97. The van der Waals surface area contributed by atoms with Gasteiger partial charge in [0.1, 0.15) is 0 Å². The van der Waals surface area contributed by atoms with Crippen LogP contribution in [-0.4, -0.2) is 5.91 Å². The van der Waals surface area contributed by atoms with E-state index in [4.69, 9.17) is 11.6 Å². The molecule has 2 aromatic carbocycles. The summed E-state index contributed by atoms with van der Waals surface area (Å²) in [6, 6.07) is 11.0. The third kappa shape index (κ3) is 3.59. The molecule has 2 nitrogen and oxygen atoms in total. The smallest absolute Gasteiger partial charge is 0.257 e. The fourth-order valence-corrected chi connectivity index (χ4v) is 2.87. The van der Waals surface area contributed by atoms with Gasteiger partial charge >= 0.3 is 0 Å². The Labute approximate surface area is 133 Å². The monoisotopic (exact) mass is 401 g/mol. The second kappa shape index (κ2) is 6.07. The first-order valence-electron chi connectivity index (χ1n) is 5.50. The number of carbonyl (C=O) groups is 1. The van der Waals surface area contributed by atoms with Crippen LogP contribution in [0.4, 0.5) is 5.69 Å². The molecule has 5 heteroatoms. The second-order valence-corrected chi connectivity index (χ2v) is 6.22. The lowest BCUT2D eigenvalue weighted by Crippen LogP contribution is -2.12. The Morgan fingerprint density at radius 3 is 2.63 bits per heavy atom. The number of halogens is 3. The first kappa shape index (κ1) is 14.6. The standard InChI is InChI=1S/C14H10Br2ClNO/c1-8-5-9(15)7-10(6-8)18-14(19)11-3-2-4-12(16)13(11)17/h2-7H,1H3,(H,18,19). The van der Waals surface area contributed by atoms with Gasteiger partial charge in [0.05, 0.1) is 10.6 Å². The molecular formula is C14H10Br2ClNO. The number of hydrogen-bond acceptors (Lipinski definition) is 1. The summed E-state index contributed by atoms with van der Waals surface area (Å²) in [5, 5.41) is 3.24. The number of carbonyl (C=O) groups excluding carboxylic acids is 1. The van der Waals surface area contributed by atoms with Gasteiger partial charge in [0.2, 0.25) is 0 Å². The van der Waals surface area contributed by atoms with Crippen molar-refractivity contribution in [3.8, 4) is 0 Å². The Kier molecular flexibility index (Phi) is 4.66. The number of anilines is 1. The summed E-state index contributed by atoms with van der Waals surface area (Å²) in [5.41, 5.74) is 2.23. The minimum absolute atomic E-state index is 0.233. The average molecular weight is 404 g/mol. The first-order valence-corrected chi connectivity index (χ1v) is 7.46. The van der Waals surface area contributed by atoms with E-state index >= 15 is 0 Å². The summed E-state index contributed by atoms with van der Waals surface area (Å²) in [6.45, 7) is 1.96. The highest BCUT2D eigenvalue weighted by atomic mass is 79.9. The Morgan fingerprint density at radius 1 is 1.21 bits per heavy atom. The van der Waals surface area contributed by atoms with E-state index in [0.717, 1.165) is 15.7 Å². The third-order valence-electron chi connectivity index (χ3n) is 2.50. The fourth-order valence-electron chi connectivity index (χ4n) is 1.69. The van der Waals surface area contributed by atoms with E-state index in [-0.39, 0.29) is 5.91 Å². The molecule has 98 valence electrons. The van der Waals surface area contributed by atoms with E-state index in [9.17, 15) is 4.79 Å². The van der Waals surface area contributed by atoms with Gasteiger partial charge in [-0.3, -0.25) is 4.79 Å². The summed E-state index contributed by atoms with van der Waals surface area (Å²) in [7, 11) is 0.